The molecule has 32 heavy (non-hydrogen) atoms. The number of halogens is 3. The molecule has 0 bridgehead atoms. The normalized spacial score (nSPS) is 13.8. The van der Waals surface area contributed by atoms with Crippen molar-refractivity contribution in [2.45, 2.75) is 32.1 Å². The number of sulfonamides is 1. The number of hydrogen-bond donors (Lipinski definition) is 1. The summed E-state index contributed by atoms with van der Waals surface area (Å²) < 4.78 is 75.3. The number of anilines is 1. The summed E-state index contributed by atoms with van der Waals surface area (Å²) in [5.41, 5.74) is -0.709. The van der Waals surface area contributed by atoms with E-state index < -0.39 is 39.8 Å². The third-order valence-corrected chi connectivity index (χ3v) is 6.02. The van der Waals surface area contributed by atoms with E-state index in [0.29, 0.717) is 27.4 Å². The molecule has 0 fully saturated rings. The van der Waals surface area contributed by atoms with Crippen LogP contribution in [0.3, 0.4) is 0 Å². The number of nitrogens with one attached hydrogen (secondary N) is 1. The number of carbonyl (C=O) groups is 1. The van der Waals surface area contributed by atoms with Gasteiger partial charge in [0.05, 0.1) is 37.8 Å². The summed E-state index contributed by atoms with van der Waals surface area (Å²) in [6.45, 7) is 2.96. The first-order valence-corrected chi connectivity index (χ1v) is 11.3. The molecular formula is C21H25F3N2O5S. The summed E-state index contributed by atoms with van der Waals surface area (Å²) in [4.78, 5) is 12.9. The van der Waals surface area contributed by atoms with Crippen molar-refractivity contribution >= 4 is 21.6 Å². The number of hydrogen-bond acceptors (Lipinski definition) is 5. The third-order valence-electron chi connectivity index (χ3n) is 4.78. The van der Waals surface area contributed by atoms with E-state index in [2.05, 4.69) is 5.32 Å². The lowest BCUT2D eigenvalue weighted by molar-refractivity contribution is -0.137. The molecule has 0 unspecified atom stereocenters. The summed E-state index contributed by atoms with van der Waals surface area (Å²) in [5.74, 6) is 0.297. The Bertz CT molecular complexity index is 1070. The zero-order valence-electron chi connectivity index (χ0n) is 18.2. The molecule has 11 heteroatoms. The predicted octanol–water partition coefficient (Wildman–Crippen LogP) is 3.75. The topological polar surface area (TPSA) is 84.9 Å². The van der Waals surface area contributed by atoms with E-state index >= 15 is 0 Å². The molecule has 176 valence electrons. The van der Waals surface area contributed by atoms with Crippen LogP contribution >= 0.6 is 0 Å². The number of nitrogens with zero attached hydrogens (tertiary/aromatic N) is 1. The van der Waals surface area contributed by atoms with Gasteiger partial charge in [-0.05, 0) is 50.2 Å². The number of ether oxygens (including phenoxy) is 2. The maximum absolute atomic E-state index is 13.1. The fraction of sp³-hybridized carbons (Fsp3) is 0.381. The molecule has 0 aliphatic heterocycles. The molecule has 1 N–H and O–H groups in total. The SMILES string of the molecule is COc1ccc(OC)c([C@H](C)NC(=O)[C@@H](C)N(c2cccc(C(F)(F)F)c2)S(C)(=O)=O)c1. The van der Waals surface area contributed by atoms with Crippen LogP contribution in [0.25, 0.3) is 0 Å². The second-order valence-corrected chi connectivity index (χ2v) is 8.98. The molecule has 0 radical (unpaired) electrons. The minimum absolute atomic E-state index is 0.267. The highest BCUT2D eigenvalue weighted by Gasteiger charge is 2.34. The van der Waals surface area contributed by atoms with Crippen LogP contribution in [0.15, 0.2) is 42.5 Å². The van der Waals surface area contributed by atoms with Crippen LogP contribution in [0.2, 0.25) is 0 Å². The van der Waals surface area contributed by atoms with Crippen molar-refractivity contribution in [3.05, 3.63) is 53.6 Å². The average Bonchev–Trinajstić information content (AvgIpc) is 2.71. The zero-order valence-corrected chi connectivity index (χ0v) is 19.0. The van der Waals surface area contributed by atoms with Crippen LogP contribution in [0.1, 0.15) is 31.0 Å². The van der Waals surface area contributed by atoms with Crippen molar-refractivity contribution in [3.8, 4) is 11.5 Å². The van der Waals surface area contributed by atoms with Crippen molar-refractivity contribution < 1.29 is 35.9 Å². The van der Waals surface area contributed by atoms with Gasteiger partial charge in [-0.2, -0.15) is 13.2 Å². The first-order chi connectivity index (χ1) is 14.8. The first-order valence-electron chi connectivity index (χ1n) is 9.48. The summed E-state index contributed by atoms with van der Waals surface area (Å²) in [6.07, 6.45) is -3.84. The van der Waals surface area contributed by atoms with Crippen LogP contribution < -0.4 is 19.1 Å². The molecule has 0 heterocycles. The number of amides is 1. The number of alkyl halides is 3. The summed E-state index contributed by atoms with van der Waals surface area (Å²) in [5, 5.41) is 2.69. The fourth-order valence-corrected chi connectivity index (χ4v) is 4.38. The molecule has 0 aliphatic rings. The van der Waals surface area contributed by atoms with Gasteiger partial charge in [0.15, 0.2) is 0 Å². The molecule has 0 saturated carbocycles. The van der Waals surface area contributed by atoms with Crippen LogP contribution in [-0.2, 0) is 21.0 Å². The molecule has 2 aromatic carbocycles. The maximum Gasteiger partial charge on any atom is 0.416 e. The lowest BCUT2D eigenvalue weighted by Gasteiger charge is -2.30. The molecule has 0 aliphatic carbocycles. The van der Waals surface area contributed by atoms with E-state index in [1.165, 1.54) is 27.2 Å². The van der Waals surface area contributed by atoms with Gasteiger partial charge in [0, 0.05) is 5.56 Å². The smallest absolute Gasteiger partial charge is 0.416 e. The number of rotatable bonds is 8. The average molecular weight is 475 g/mol. The van der Waals surface area contributed by atoms with Crippen molar-refractivity contribution in [3.63, 3.8) is 0 Å². The monoisotopic (exact) mass is 474 g/mol. The van der Waals surface area contributed by atoms with Gasteiger partial charge < -0.3 is 14.8 Å². The minimum Gasteiger partial charge on any atom is -0.497 e. The first kappa shape index (κ1) is 25.3. The van der Waals surface area contributed by atoms with Gasteiger partial charge in [0.1, 0.15) is 17.5 Å². The lowest BCUT2D eigenvalue weighted by Crippen LogP contribution is -2.48. The third kappa shape index (κ3) is 5.84. The van der Waals surface area contributed by atoms with E-state index in [0.717, 1.165) is 18.4 Å². The Hall–Kier alpha value is -2.95. The quantitative estimate of drug-likeness (QED) is 0.630. The Morgan fingerprint density at radius 2 is 1.72 bits per heavy atom. The number of methoxy groups -OCH3 is 2. The van der Waals surface area contributed by atoms with Gasteiger partial charge in [-0.15, -0.1) is 0 Å². The van der Waals surface area contributed by atoms with Gasteiger partial charge in [-0.3, -0.25) is 9.10 Å². The van der Waals surface area contributed by atoms with Gasteiger partial charge in [0.2, 0.25) is 15.9 Å². The molecule has 7 nitrogen and oxygen atoms in total. The second-order valence-electron chi connectivity index (χ2n) is 7.12. The maximum atomic E-state index is 13.1. The Morgan fingerprint density at radius 3 is 2.25 bits per heavy atom. The number of benzene rings is 2. The van der Waals surface area contributed by atoms with Gasteiger partial charge in [-0.1, -0.05) is 6.07 Å². The van der Waals surface area contributed by atoms with E-state index in [4.69, 9.17) is 9.47 Å². The van der Waals surface area contributed by atoms with Crippen molar-refractivity contribution in [2.75, 3.05) is 24.8 Å². The van der Waals surface area contributed by atoms with Crippen LogP contribution in [-0.4, -0.2) is 40.8 Å². The van der Waals surface area contributed by atoms with E-state index in [1.54, 1.807) is 25.1 Å². The molecule has 2 atom stereocenters. The van der Waals surface area contributed by atoms with E-state index in [9.17, 15) is 26.4 Å². The van der Waals surface area contributed by atoms with Gasteiger partial charge >= 0.3 is 6.18 Å². The zero-order chi connectivity index (χ0) is 24.3. The Labute approximate surface area is 185 Å². The molecule has 2 rings (SSSR count). The van der Waals surface area contributed by atoms with E-state index in [1.807, 2.05) is 0 Å². The predicted molar refractivity (Wildman–Crippen MR) is 114 cm³/mol. The van der Waals surface area contributed by atoms with Crippen molar-refractivity contribution in [1.82, 2.24) is 5.32 Å². The minimum atomic E-state index is -4.66. The largest absolute Gasteiger partial charge is 0.497 e. The number of carbonyl (C=O) groups excluding carboxylic acids is 1. The molecule has 1 amide bonds. The van der Waals surface area contributed by atoms with Crippen molar-refractivity contribution in [1.29, 1.82) is 0 Å². The highest BCUT2D eigenvalue weighted by Crippen LogP contribution is 2.33. The van der Waals surface area contributed by atoms with Crippen LogP contribution in [0.5, 0.6) is 11.5 Å². The van der Waals surface area contributed by atoms with E-state index in [-0.39, 0.29) is 5.69 Å². The molecule has 0 aromatic heterocycles. The highest BCUT2D eigenvalue weighted by atomic mass is 32.2. The van der Waals surface area contributed by atoms with Crippen LogP contribution in [0, 0.1) is 0 Å². The Kier molecular flexibility index (Phi) is 7.66. The van der Waals surface area contributed by atoms with Gasteiger partial charge in [-0.25, -0.2) is 8.42 Å². The molecule has 2 aromatic rings. The summed E-state index contributed by atoms with van der Waals surface area (Å²) in [6, 6.07) is 6.87. The van der Waals surface area contributed by atoms with Crippen LogP contribution in [0.4, 0.5) is 18.9 Å². The fourth-order valence-electron chi connectivity index (χ4n) is 3.22. The Balaban J connectivity index is 2.36. The molecule has 0 spiro atoms. The summed E-state index contributed by atoms with van der Waals surface area (Å²) >= 11 is 0. The summed E-state index contributed by atoms with van der Waals surface area (Å²) in [7, 11) is -1.15. The van der Waals surface area contributed by atoms with Gasteiger partial charge in [0.25, 0.3) is 0 Å². The van der Waals surface area contributed by atoms with Crippen molar-refractivity contribution in [2.24, 2.45) is 0 Å². The standard InChI is InChI=1S/C21H25F3N2O5S/c1-13(18-12-17(30-3)9-10-19(18)31-4)25-20(27)14(2)26(32(5,28)29)16-8-6-7-15(11-16)21(22,23)24/h6-14H,1-5H3,(H,25,27)/t13-,14+/m0/s1. The second kappa shape index (κ2) is 9.68. The highest BCUT2D eigenvalue weighted by molar-refractivity contribution is 7.92. The molecule has 0 saturated heterocycles. The Morgan fingerprint density at radius 1 is 1.06 bits per heavy atom. The molecular weight excluding hydrogens is 449 g/mol. The lowest BCUT2D eigenvalue weighted by atomic mass is 10.1.